The first kappa shape index (κ1) is 14.7. The molecule has 18 heavy (non-hydrogen) atoms. The Morgan fingerprint density at radius 2 is 1.94 bits per heavy atom. The standard InChI is InChI=1S/C13H20O5/c1-9(2)13(16)18-8-7-17-11-6-4-3-5-10(11)12(14)15/h10-11H,1,3-8H2,2H3,(H,14,15). The third-order valence-electron chi connectivity index (χ3n) is 3.02. The van der Waals surface area contributed by atoms with Crippen molar-refractivity contribution in [1.29, 1.82) is 0 Å². The van der Waals surface area contributed by atoms with Crippen LogP contribution in [0.5, 0.6) is 0 Å². The van der Waals surface area contributed by atoms with E-state index < -0.39 is 17.9 Å². The lowest BCUT2D eigenvalue weighted by molar-refractivity contribution is -0.152. The van der Waals surface area contributed by atoms with Crippen LogP contribution in [0.15, 0.2) is 12.2 Å². The molecule has 1 fully saturated rings. The second-order valence-electron chi connectivity index (χ2n) is 4.55. The molecule has 0 aliphatic heterocycles. The van der Waals surface area contributed by atoms with Gasteiger partial charge in [-0.15, -0.1) is 0 Å². The Morgan fingerprint density at radius 1 is 1.28 bits per heavy atom. The molecular formula is C13H20O5. The normalized spacial score (nSPS) is 23.4. The van der Waals surface area contributed by atoms with Crippen molar-refractivity contribution in [3.63, 3.8) is 0 Å². The predicted molar refractivity (Wildman–Crippen MR) is 65.1 cm³/mol. The summed E-state index contributed by atoms with van der Waals surface area (Å²) in [4.78, 5) is 22.1. The molecule has 1 saturated carbocycles. The molecule has 0 heterocycles. The van der Waals surface area contributed by atoms with Crippen LogP contribution < -0.4 is 0 Å². The summed E-state index contributed by atoms with van der Waals surface area (Å²) in [6, 6.07) is 0. The second-order valence-corrected chi connectivity index (χ2v) is 4.55. The number of carbonyl (C=O) groups excluding carboxylic acids is 1. The number of carbonyl (C=O) groups is 2. The van der Waals surface area contributed by atoms with Gasteiger partial charge in [-0.25, -0.2) is 4.79 Å². The van der Waals surface area contributed by atoms with E-state index in [1.165, 1.54) is 0 Å². The Morgan fingerprint density at radius 3 is 2.56 bits per heavy atom. The second kappa shape index (κ2) is 7.16. The maximum atomic E-state index is 11.1. The molecule has 1 N–H and O–H groups in total. The molecule has 1 aliphatic rings. The molecule has 0 bridgehead atoms. The van der Waals surface area contributed by atoms with E-state index in [0.29, 0.717) is 12.0 Å². The van der Waals surface area contributed by atoms with Gasteiger partial charge >= 0.3 is 11.9 Å². The molecular weight excluding hydrogens is 236 g/mol. The van der Waals surface area contributed by atoms with Crippen molar-refractivity contribution in [3.05, 3.63) is 12.2 Å². The average molecular weight is 256 g/mol. The molecule has 1 aliphatic carbocycles. The van der Waals surface area contributed by atoms with Gasteiger partial charge in [0.1, 0.15) is 6.61 Å². The van der Waals surface area contributed by atoms with Crippen LogP contribution in [0, 0.1) is 5.92 Å². The van der Waals surface area contributed by atoms with Gasteiger partial charge in [-0.05, 0) is 19.8 Å². The highest BCUT2D eigenvalue weighted by Gasteiger charge is 2.31. The van der Waals surface area contributed by atoms with Crippen LogP contribution in [-0.4, -0.2) is 36.4 Å². The van der Waals surface area contributed by atoms with E-state index in [0.717, 1.165) is 19.3 Å². The molecule has 0 radical (unpaired) electrons. The number of hydrogen-bond acceptors (Lipinski definition) is 4. The molecule has 0 amide bonds. The minimum atomic E-state index is -0.807. The molecule has 0 saturated heterocycles. The zero-order chi connectivity index (χ0) is 13.5. The highest BCUT2D eigenvalue weighted by atomic mass is 16.6. The molecule has 0 aromatic rings. The molecule has 2 unspecified atom stereocenters. The van der Waals surface area contributed by atoms with E-state index in [2.05, 4.69) is 6.58 Å². The summed E-state index contributed by atoms with van der Waals surface area (Å²) in [6.07, 6.45) is 3.07. The van der Waals surface area contributed by atoms with Gasteiger partial charge < -0.3 is 14.6 Å². The lowest BCUT2D eigenvalue weighted by atomic mass is 9.86. The first-order valence-electron chi connectivity index (χ1n) is 6.19. The molecule has 5 heteroatoms. The van der Waals surface area contributed by atoms with Crippen LogP contribution in [0.2, 0.25) is 0 Å². The van der Waals surface area contributed by atoms with Crippen LogP contribution in [0.1, 0.15) is 32.6 Å². The van der Waals surface area contributed by atoms with Crippen LogP contribution in [0.3, 0.4) is 0 Å². The van der Waals surface area contributed by atoms with E-state index >= 15 is 0 Å². The SMILES string of the molecule is C=C(C)C(=O)OCCOC1CCCCC1C(=O)O. The van der Waals surface area contributed by atoms with Crippen molar-refractivity contribution < 1.29 is 24.2 Å². The van der Waals surface area contributed by atoms with Crippen molar-refractivity contribution in [1.82, 2.24) is 0 Å². The zero-order valence-electron chi connectivity index (χ0n) is 10.7. The van der Waals surface area contributed by atoms with Crippen molar-refractivity contribution in [2.45, 2.75) is 38.7 Å². The van der Waals surface area contributed by atoms with Crippen molar-refractivity contribution >= 4 is 11.9 Å². The van der Waals surface area contributed by atoms with Gasteiger partial charge in [0.15, 0.2) is 0 Å². The molecule has 102 valence electrons. The Labute approximate surface area is 107 Å². The summed E-state index contributed by atoms with van der Waals surface area (Å²) < 4.78 is 10.4. The van der Waals surface area contributed by atoms with Crippen molar-refractivity contribution in [2.75, 3.05) is 13.2 Å². The number of rotatable bonds is 6. The Balaban J connectivity index is 2.26. The summed E-state index contributed by atoms with van der Waals surface area (Å²) >= 11 is 0. The smallest absolute Gasteiger partial charge is 0.333 e. The molecule has 0 aromatic carbocycles. The average Bonchev–Trinajstić information content (AvgIpc) is 2.34. The summed E-state index contributed by atoms with van der Waals surface area (Å²) in [5.41, 5.74) is 0.344. The maximum Gasteiger partial charge on any atom is 0.333 e. The molecule has 0 aromatic heterocycles. The predicted octanol–water partition coefficient (Wildman–Crippen LogP) is 1.77. The first-order valence-corrected chi connectivity index (χ1v) is 6.19. The summed E-state index contributed by atoms with van der Waals surface area (Å²) in [6.45, 7) is 5.40. The van der Waals surface area contributed by atoms with Crippen LogP contribution in [0.4, 0.5) is 0 Å². The van der Waals surface area contributed by atoms with E-state index in [1.807, 2.05) is 0 Å². The fourth-order valence-electron chi connectivity index (χ4n) is 2.04. The summed E-state index contributed by atoms with van der Waals surface area (Å²) in [7, 11) is 0. The zero-order valence-corrected chi connectivity index (χ0v) is 10.7. The van der Waals surface area contributed by atoms with Gasteiger partial charge in [-0.1, -0.05) is 19.4 Å². The summed E-state index contributed by atoms with van der Waals surface area (Å²) in [5, 5.41) is 9.05. The molecule has 2 atom stereocenters. The maximum absolute atomic E-state index is 11.1. The fraction of sp³-hybridized carbons (Fsp3) is 0.692. The van der Waals surface area contributed by atoms with Crippen LogP contribution >= 0.6 is 0 Å². The van der Waals surface area contributed by atoms with E-state index in [-0.39, 0.29) is 19.3 Å². The lowest BCUT2D eigenvalue weighted by Gasteiger charge is -2.28. The number of aliphatic carboxylic acids is 1. The number of esters is 1. The Kier molecular flexibility index (Phi) is 5.85. The Hall–Kier alpha value is -1.36. The molecule has 1 rings (SSSR count). The fourth-order valence-corrected chi connectivity index (χ4v) is 2.04. The van der Waals surface area contributed by atoms with Gasteiger partial charge in [-0.2, -0.15) is 0 Å². The van der Waals surface area contributed by atoms with E-state index in [4.69, 9.17) is 14.6 Å². The third-order valence-corrected chi connectivity index (χ3v) is 3.02. The summed E-state index contributed by atoms with van der Waals surface area (Å²) in [5.74, 6) is -1.69. The van der Waals surface area contributed by atoms with Gasteiger partial charge in [0.05, 0.1) is 18.6 Å². The quantitative estimate of drug-likeness (QED) is 0.445. The lowest BCUT2D eigenvalue weighted by Crippen LogP contribution is -2.34. The minimum absolute atomic E-state index is 0.133. The number of carboxylic acid groups (broad SMARTS) is 1. The first-order chi connectivity index (χ1) is 8.52. The highest BCUT2D eigenvalue weighted by Crippen LogP contribution is 2.26. The largest absolute Gasteiger partial charge is 0.481 e. The third kappa shape index (κ3) is 4.49. The Bertz CT molecular complexity index is 323. The molecule has 5 nitrogen and oxygen atoms in total. The van der Waals surface area contributed by atoms with Gasteiger partial charge in [0.2, 0.25) is 0 Å². The van der Waals surface area contributed by atoms with Gasteiger partial charge in [-0.3, -0.25) is 4.79 Å². The number of carboxylic acids is 1. The van der Waals surface area contributed by atoms with Crippen LogP contribution in [-0.2, 0) is 19.1 Å². The topological polar surface area (TPSA) is 72.8 Å². The van der Waals surface area contributed by atoms with E-state index in [1.54, 1.807) is 6.92 Å². The van der Waals surface area contributed by atoms with Gasteiger partial charge in [0, 0.05) is 5.57 Å². The number of hydrogen-bond donors (Lipinski definition) is 1. The highest BCUT2D eigenvalue weighted by molar-refractivity contribution is 5.86. The molecule has 0 spiro atoms. The minimum Gasteiger partial charge on any atom is -0.481 e. The van der Waals surface area contributed by atoms with Crippen LogP contribution in [0.25, 0.3) is 0 Å². The number of ether oxygens (including phenoxy) is 2. The van der Waals surface area contributed by atoms with Gasteiger partial charge in [0.25, 0.3) is 0 Å². The van der Waals surface area contributed by atoms with Crippen molar-refractivity contribution in [3.8, 4) is 0 Å². The van der Waals surface area contributed by atoms with Crippen molar-refractivity contribution in [2.24, 2.45) is 5.92 Å². The van der Waals surface area contributed by atoms with E-state index in [9.17, 15) is 9.59 Å². The monoisotopic (exact) mass is 256 g/mol.